The maximum atomic E-state index is 6.27. The summed E-state index contributed by atoms with van der Waals surface area (Å²) in [7, 11) is 1.67. The van der Waals surface area contributed by atoms with Crippen LogP contribution in [-0.4, -0.2) is 18.1 Å². The van der Waals surface area contributed by atoms with Crippen LogP contribution in [0.3, 0.4) is 0 Å². The average molecular weight is 288 g/mol. The molecule has 4 heteroatoms. The number of nitrogens with zero attached hydrogens (tertiary/aromatic N) is 1. The number of nitrogens with two attached hydrogens (primary N) is 1. The first-order valence-electron chi connectivity index (χ1n) is 6.71. The number of hydrogen-bond donors (Lipinski definition) is 1. The highest BCUT2D eigenvalue weighted by atomic mass is 32.2. The number of methoxy groups -OCH3 is 1. The summed E-state index contributed by atoms with van der Waals surface area (Å²) in [5.41, 5.74) is 7.30. The summed E-state index contributed by atoms with van der Waals surface area (Å²) >= 11 is 1.75. The molecule has 106 valence electrons. The lowest BCUT2D eigenvalue weighted by atomic mass is 10.1. The van der Waals surface area contributed by atoms with Crippen LogP contribution in [0.5, 0.6) is 5.75 Å². The summed E-state index contributed by atoms with van der Waals surface area (Å²) in [6, 6.07) is 14.1. The fourth-order valence-electron chi connectivity index (χ4n) is 1.93. The van der Waals surface area contributed by atoms with Gasteiger partial charge in [0.15, 0.2) is 0 Å². The maximum Gasteiger partial charge on any atom is 0.118 e. The van der Waals surface area contributed by atoms with E-state index >= 15 is 0 Å². The Morgan fingerprint density at radius 1 is 1.20 bits per heavy atom. The lowest BCUT2D eigenvalue weighted by molar-refractivity contribution is 0.414. The minimum atomic E-state index is 0.0806. The largest absolute Gasteiger partial charge is 0.497 e. The topological polar surface area (TPSA) is 48.1 Å². The summed E-state index contributed by atoms with van der Waals surface area (Å²) < 4.78 is 5.18. The number of pyridine rings is 1. The van der Waals surface area contributed by atoms with Crippen molar-refractivity contribution < 1.29 is 4.74 Å². The van der Waals surface area contributed by atoms with Crippen molar-refractivity contribution in [3.63, 3.8) is 0 Å². The molecule has 2 aromatic rings. The van der Waals surface area contributed by atoms with Crippen molar-refractivity contribution in [2.45, 2.75) is 29.5 Å². The summed E-state index contributed by atoms with van der Waals surface area (Å²) in [4.78, 5) is 5.62. The van der Waals surface area contributed by atoms with Gasteiger partial charge in [0.05, 0.1) is 18.1 Å². The van der Waals surface area contributed by atoms with E-state index in [1.807, 2.05) is 36.5 Å². The number of rotatable bonds is 6. The molecular formula is C16H20N2OS. The molecule has 0 spiro atoms. The molecule has 0 bridgehead atoms. The molecular weight excluding hydrogens is 268 g/mol. The number of thioether (sulfide) groups is 1. The lowest BCUT2D eigenvalue weighted by Gasteiger charge is -2.22. The zero-order valence-electron chi connectivity index (χ0n) is 11.8. The molecule has 1 aromatic carbocycles. The highest BCUT2D eigenvalue weighted by Gasteiger charge is 2.20. The number of aromatic nitrogens is 1. The van der Waals surface area contributed by atoms with Crippen LogP contribution < -0.4 is 10.5 Å². The van der Waals surface area contributed by atoms with Crippen molar-refractivity contribution in [1.29, 1.82) is 0 Å². The van der Waals surface area contributed by atoms with Crippen molar-refractivity contribution >= 4 is 11.8 Å². The van der Waals surface area contributed by atoms with Crippen LogP contribution in [0.4, 0.5) is 0 Å². The minimum absolute atomic E-state index is 0.0806. The van der Waals surface area contributed by atoms with Crippen molar-refractivity contribution in [1.82, 2.24) is 4.98 Å². The van der Waals surface area contributed by atoms with Gasteiger partial charge in [-0.25, -0.2) is 0 Å². The molecule has 0 saturated carbocycles. The molecule has 1 heterocycles. The van der Waals surface area contributed by atoms with E-state index in [0.29, 0.717) is 0 Å². The highest BCUT2D eigenvalue weighted by Crippen LogP contribution is 2.37. The molecule has 0 aliphatic rings. The van der Waals surface area contributed by atoms with Gasteiger partial charge >= 0.3 is 0 Å². The SMILES string of the molecule is CCC(N)C(Sc1ccc(OC)cc1)c1ccccn1. The predicted octanol–water partition coefficient (Wildman–Crippen LogP) is 3.66. The van der Waals surface area contributed by atoms with Crippen LogP contribution in [0.1, 0.15) is 24.3 Å². The van der Waals surface area contributed by atoms with Gasteiger partial charge in [0, 0.05) is 17.1 Å². The van der Waals surface area contributed by atoms with Crippen molar-refractivity contribution in [3.8, 4) is 5.75 Å². The summed E-state index contributed by atoms with van der Waals surface area (Å²) in [5, 5.41) is 0.162. The molecule has 2 unspecified atom stereocenters. The van der Waals surface area contributed by atoms with E-state index in [1.54, 1.807) is 18.9 Å². The maximum absolute atomic E-state index is 6.27. The van der Waals surface area contributed by atoms with Gasteiger partial charge in [0.25, 0.3) is 0 Å². The van der Waals surface area contributed by atoms with Crippen molar-refractivity contribution in [2.75, 3.05) is 7.11 Å². The molecule has 0 fully saturated rings. The Kier molecular flexibility index (Phi) is 5.44. The zero-order valence-corrected chi connectivity index (χ0v) is 12.6. The lowest BCUT2D eigenvalue weighted by Crippen LogP contribution is -2.26. The summed E-state index contributed by atoms with van der Waals surface area (Å²) in [6.07, 6.45) is 2.74. The molecule has 0 aliphatic carbocycles. The second kappa shape index (κ2) is 7.31. The van der Waals surface area contributed by atoms with E-state index in [-0.39, 0.29) is 11.3 Å². The second-order valence-corrected chi connectivity index (χ2v) is 5.76. The van der Waals surface area contributed by atoms with Gasteiger partial charge in [-0.3, -0.25) is 4.98 Å². The third-order valence-electron chi connectivity index (χ3n) is 3.16. The van der Waals surface area contributed by atoms with E-state index in [0.717, 1.165) is 17.9 Å². The third-order valence-corrected chi connectivity index (χ3v) is 4.55. The molecule has 2 rings (SSSR count). The number of benzene rings is 1. The third kappa shape index (κ3) is 3.74. The summed E-state index contributed by atoms with van der Waals surface area (Å²) in [5.74, 6) is 0.864. The Morgan fingerprint density at radius 3 is 2.50 bits per heavy atom. The molecule has 0 radical (unpaired) electrons. The van der Waals surface area contributed by atoms with Crippen LogP contribution in [-0.2, 0) is 0 Å². The van der Waals surface area contributed by atoms with Gasteiger partial charge in [0.1, 0.15) is 5.75 Å². The molecule has 2 atom stereocenters. The molecule has 1 aromatic heterocycles. The first kappa shape index (κ1) is 14.9. The Morgan fingerprint density at radius 2 is 1.95 bits per heavy atom. The standard InChI is InChI=1S/C16H20N2OS/c1-3-14(17)16(15-6-4-5-11-18-15)20-13-9-7-12(19-2)8-10-13/h4-11,14,16H,3,17H2,1-2H3. The van der Waals surface area contributed by atoms with Gasteiger partial charge in [-0.05, 0) is 42.8 Å². The van der Waals surface area contributed by atoms with Crippen molar-refractivity contribution in [2.24, 2.45) is 5.73 Å². The van der Waals surface area contributed by atoms with Gasteiger partial charge in [0.2, 0.25) is 0 Å². The quantitative estimate of drug-likeness (QED) is 0.824. The van der Waals surface area contributed by atoms with Crippen molar-refractivity contribution in [3.05, 3.63) is 54.4 Å². The number of hydrogen-bond acceptors (Lipinski definition) is 4. The fraction of sp³-hybridized carbons (Fsp3) is 0.312. The van der Waals surface area contributed by atoms with Gasteiger partial charge < -0.3 is 10.5 Å². The minimum Gasteiger partial charge on any atom is -0.497 e. The van der Waals surface area contributed by atoms with Gasteiger partial charge in [-0.15, -0.1) is 11.8 Å². The Hall–Kier alpha value is -1.52. The van der Waals surface area contributed by atoms with E-state index in [2.05, 4.69) is 24.0 Å². The van der Waals surface area contributed by atoms with Gasteiger partial charge in [-0.1, -0.05) is 13.0 Å². The monoisotopic (exact) mass is 288 g/mol. The first-order valence-corrected chi connectivity index (χ1v) is 7.59. The normalized spacial score (nSPS) is 13.8. The number of ether oxygens (including phenoxy) is 1. The van der Waals surface area contributed by atoms with Crippen LogP contribution in [0.25, 0.3) is 0 Å². The van der Waals surface area contributed by atoms with E-state index in [1.165, 1.54) is 4.90 Å². The van der Waals surface area contributed by atoms with Crippen LogP contribution >= 0.6 is 11.8 Å². The summed E-state index contributed by atoms with van der Waals surface area (Å²) in [6.45, 7) is 2.11. The van der Waals surface area contributed by atoms with Crippen LogP contribution in [0.2, 0.25) is 0 Å². The van der Waals surface area contributed by atoms with E-state index < -0.39 is 0 Å². The molecule has 0 amide bonds. The second-order valence-electron chi connectivity index (χ2n) is 4.54. The van der Waals surface area contributed by atoms with E-state index in [4.69, 9.17) is 10.5 Å². The molecule has 0 saturated heterocycles. The molecule has 2 N–H and O–H groups in total. The molecule has 3 nitrogen and oxygen atoms in total. The zero-order chi connectivity index (χ0) is 14.4. The van der Waals surface area contributed by atoms with E-state index in [9.17, 15) is 0 Å². The molecule has 0 aliphatic heterocycles. The average Bonchev–Trinajstić information content (AvgIpc) is 2.53. The predicted molar refractivity (Wildman–Crippen MR) is 84.1 cm³/mol. The van der Waals surface area contributed by atoms with Crippen LogP contribution in [0, 0.1) is 0 Å². The highest BCUT2D eigenvalue weighted by molar-refractivity contribution is 7.99. The Labute approximate surface area is 124 Å². The van der Waals surface area contributed by atoms with Gasteiger partial charge in [-0.2, -0.15) is 0 Å². The fourth-order valence-corrected chi connectivity index (χ4v) is 3.14. The Bertz CT molecular complexity index is 516. The van der Waals surface area contributed by atoms with Crippen LogP contribution in [0.15, 0.2) is 53.6 Å². The first-order chi connectivity index (χ1) is 9.74. The smallest absolute Gasteiger partial charge is 0.118 e. The molecule has 20 heavy (non-hydrogen) atoms. The Balaban J connectivity index is 2.19.